The quantitative estimate of drug-likeness (QED) is 0.850. The van der Waals surface area contributed by atoms with Crippen molar-refractivity contribution in [2.45, 2.75) is 45.6 Å². The van der Waals surface area contributed by atoms with Crippen LogP contribution in [0.15, 0.2) is 6.07 Å². The summed E-state index contributed by atoms with van der Waals surface area (Å²) in [6.45, 7) is 5.99. The number of hydrogen-bond donors (Lipinski definition) is 1. The van der Waals surface area contributed by atoms with Crippen LogP contribution in [0, 0.1) is 6.92 Å². The van der Waals surface area contributed by atoms with E-state index in [1.165, 1.54) is 25.7 Å². The van der Waals surface area contributed by atoms with Gasteiger partial charge in [-0.2, -0.15) is 4.98 Å². The topological polar surface area (TPSA) is 64.3 Å². The molecule has 106 valence electrons. The Bertz CT molecular complexity index is 404. The zero-order chi connectivity index (χ0) is 13.7. The average molecular weight is 264 g/mol. The van der Waals surface area contributed by atoms with E-state index in [-0.39, 0.29) is 0 Å². The predicted molar refractivity (Wildman–Crippen MR) is 76.6 cm³/mol. The Morgan fingerprint density at radius 2 is 2.11 bits per heavy atom. The maximum absolute atomic E-state index is 5.74. The molecule has 2 N–H and O–H groups in total. The monoisotopic (exact) mass is 264 g/mol. The molecule has 0 spiro atoms. The normalized spacial score (nSPS) is 15.7. The first-order valence-corrected chi connectivity index (χ1v) is 7.19. The molecular weight excluding hydrogens is 240 g/mol. The van der Waals surface area contributed by atoms with Gasteiger partial charge in [0.2, 0.25) is 11.8 Å². The number of nitrogens with zero attached hydrogens (tertiary/aromatic N) is 3. The third-order valence-corrected chi connectivity index (χ3v) is 3.50. The molecule has 5 heteroatoms. The van der Waals surface area contributed by atoms with Gasteiger partial charge in [0.25, 0.3) is 0 Å². The molecule has 1 aliphatic rings. The van der Waals surface area contributed by atoms with Crippen LogP contribution in [0.25, 0.3) is 0 Å². The van der Waals surface area contributed by atoms with Crippen LogP contribution in [0.3, 0.4) is 0 Å². The lowest BCUT2D eigenvalue weighted by Crippen LogP contribution is -2.38. The zero-order valence-corrected chi connectivity index (χ0v) is 11.9. The molecule has 0 bridgehead atoms. The molecule has 0 aromatic carbocycles. The molecule has 0 amide bonds. The summed E-state index contributed by atoms with van der Waals surface area (Å²) >= 11 is 0. The van der Waals surface area contributed by atoms with Gasteiger partial charge in [0.15, 0.2) is 0 Å². The molecule has 0 atom stereocenters. The summed E-state index contributed by atoms with van der Waals surface area (Å²) in [5, 5.41) is 0. The number of aromatic nitrogens is 2. The summed E-state index contributed by atoms with van der Waals surface area (Å²) in [6.07, 6.45) is 4.99. The van der Waals surface area contributed by atoms with Crippen LogP contribution in [0.5, 0.6) is 5.88 Å². The van der Waals surface area contributed by atoms with Gasteiger partial charge < -0.3 is 15.4 Å². The Balaban J connectivity index is 2.24. The van der Waals surface area contributed by atoms with Crippen molar-refractivity contribution in [3.8, 4) is 5.88 Å². The minimum Gasteiger partial charge on any atom is -0.478 e. The molecule has 0 radical (unpaired) electrons. The first-order valence-electron chi connectivity index (χ1n) is 7.19. The van der Waals surface area contributed by atoms with Crippen LogP contribution in [-0.4, -0.2) is 35.7 Å². The van der Waals surface area contributed by atoms with Crippen LogP contribution in [0.2, 0.25) is 0 Å². The fourth-order valence-electron chi connectivity index (χ4n) is 2.68. The lowest BCUT2D eigenvalue weighted by Gasteiger charge is -2.28. The molecule has 1 aromatic rings. The lowest BCUT2D eigenvalue weighted by atomic mass is 10.2. The molecule has 5 nitrogen and oxygen atoms in total. The molecule has 1 saturated carbocycles. The number of anilines is 1. The van der Waals surface area contributed by atoms with Crippen molar-refractivity contribution in [2.75, 3.05) is 24.6 Å². The van der Waals surface area contributed by atoms with E-state index in [1.54, 1.807) is 0 Å². The van der Waals surface area contributed by atoms with Crippen molar-refractivity contribution >= 4 is 5.95 Å². The van der Waals surface area contributed by atoms with Crippen molar-refractivity contribution in [1.29, 1.82) is 0 Å². The summed E-state index contributed by atoms with van der Waals surface area (Å²) in [5.74, 6) is 1.42. The van der Waals surface area contributed by atoms with Crippen LogP contribution in [0.4, 0.5) is 5.95 Å². The summed E-state index contributed by atoms with van der Waals surface area (Å²) < 4.78 is 5.51. The SMILES string of the molecule is CCOc1cc(C)nc(N(CCN)C2CCCC2)n1. The number of aryl methyl sites for hydroxylation is 1. The van der Waals surface area contributed by atoms with E-state index in [9.17, 15) is 0 Å². The second kappa shape index (κ2) is 6.70. The van der Waals surface area contributed by atoms with E-state index in [0.29, 0.717) is 25.1 Å². The Kier molecular flexibility index (Phi) is 4.96. The zero-order valence-electron chi connectivity index (χ0n) is 11.9. The van der Waals surface area contributed by atoms with Gasteiger partial charge in [0.1, 0.15) is 0 Å². The minimum atomic E-state index is 0.528. The molecule has 1 aromatic heterocycles. The molecule has 2 rings (SSSR count). The van der Waals surface area contributed by atoms with Crippen molar-refractivity contribution in [2.24, 2.45) is 5.73 Å². The van der Waals surface area contributed by atoms with E-state index in [4.69, 9.17) is 10.5 Å². The summed E-state index contributed by atoms with van der Waals surface area (Å²) in [4.78, 5) is 11.3. The first kappa shape index (κ1) is 14.1. The van der Waals surface area contributed by atoms with Gasteiger partial charge in [-0.15, -0.1) is 0 Å². The summed E-state index contributed by atoms with van der Waals surface area (Å²) in [5.41, 5.74) is 6.68. The maximum atomic E-state index is 5.74. The molecule has 0 unspecified atom stereocenters. The highest BCUT2D eigenvalue weighted by Gasteiger charge is 2.24. The highest BCUT2D eigenvalue weighted by Crippen LogP contribution is 2.27. The van der Waals surface area contributed by atoms with Gasteiger partial charge in [0, 0.05) is 30.9 Å². The van der Waals surface area contributed by atoms with Crippen LogP contribution in [-0.2, 0) is 0 Å². The van der Waals surface area contributed by atoms with Gasteiger partial charge in [-0.05, 0) is 26.7 Å². The second-order valence-corrected chi connectivity index (χ2v) is 5.00. The van der Waals surface area contributed by atoms with E-state index in [1.807, 2.05) is 19.9 Å². The van der Waals surface area contributed by atoms with Gasteiger partial charge in [-0.25, -0.2) is 4.98 Å². The summed E-state index contributed by atoms with van der Waals surface area (Å²) in [7, 11) is 0. The predicted octanol–water partition coefficient (Wildman–Crippen LogP) is 1.89. The molecule has 1 aliphatic carbocycles. The Labute approximate surface area is 115 Å². The van der Waals surface area contributed by atoms with Crippen molar-refractivity contribution < 1.29 is 4.74 Å². The van der Waals surface area contributed by atoms with Gasteiger partial charge in [-0.1, -0.05) is 12.8 Å². The smallest absolute Gasteiger partial charge is 0.229 e. The fourth-order valence-corrected chi connectivity index (χ4v) is 2.68. The lowest BCUT2D eigenvalue weighted by molar-refractivity contribution is 0.325. The van der Waals surface area contributed by atoms with Crippen LogP contribution >= 0.6 is 0 Å². The second-order valence-electron chi connectivity index (χ2n) is 5.00. The van der Waals surface area contributed by atoms with Gasteiger partial charge in [0.05, 0.1) is 6.61 Å². The summed E-state index contributed by atoms with van der Waals surface area (Å²) in [6, 6.07) is 2.40. The standard InChI is InChI=1S/C14H24N4O/c1-3-19-13-10-11(2)16-14(17-13)18(9-8-15)12-6-4-5-7-12/h10,12H,3-9,15H2,1-2H3. The first-order chi connectivity index (χ1) is 9.24. The third kappa shape index (κ3) is 3.56. The molecule has 0 aliphatic heterocycles. The van der Waals surface area contributed by atoms with E-state index in [2.05, 4.69) is 14.9 Å². The molecule has 19 heavy (non-hydrogen) atoms. The number of ether oxygens (including phenoxy) is 1. The Hall–Kier alpha value is -1.36. The van der Waals surface area contributed by atoms with Crippen molar-refractivity contribution in [3.63, 3.8) is 0 Å². The Morgan fingerprint density at radius 1 is 1.37 bits per heavy atom. The van der Waals surface area contributed by atoms with Gasteiger partial charge in [-0.3, -0.25) is 0 Å². The number of nitrogens with two attached hydrogens (primary N) is 1. The molecule has 1 heterocycles. The van der Waals surface area contributed by atoms with Crippen LogP contribution < -0.4 is 15.4 Å². The van der Waals surface area contributed by atoms with Crippen LogP contribution in [0.1, 0.15) is 38.3 Å². The van der Waals surface area contributed by atoms with Crippen molar-refractivity contribution in [3.05, 3.63) is 11.8 Å². The van der Waals surface area contributed by atoms with E-state index in [0.717, 1.165) is 18.2 Å². The highest BCUT2D eigenvalue weighted by molar-refractivity contribution is 5.36. The molecule has 1 fully saturated rings. The van der Waals surface area contributed by atoms with E-state index < -0.39 is 0 Å². The third-order valence-electron chi connectivity index (χ3n) is 3.50. The molecule has 0 saturated heterocycles. The van der Waals surface area contributed by atoms with Crippen molar-refractivity contribution in [1.82, 2.24) is 9.97 Å². The van der Waals surface area contributed by atoms with Gasteiger partial charge >= 0.3 is 0 Å². The Morgan fingerprint density at radius 3 is 2.74 bits per heavy atom. The fraction of sp³-hybridized carbons (Fsp3) is 0.714. The minimum absolute atomic E-state index is 0.528. The largest absolute Gasteiger partial charge is 0.478 e. The van der Waals surface area contributed by atoms with E-state index >= 15 is 0 Å². The molecular formula is C14H24N4O. The number of rotatable bonds is 6. The average Bonchev–Trinajstić information content (AvgIpc) is 2.89. The highest BCUT2D eigenvalue weighted by atomic mass is 16.5. The number of hydrogen-bond acceptors (Lipinski definition) is 5. The maximum Gasteiger partial charge on any atom is 0.229 e.